The highest BCUT2D eigenvalue weighted by molar-refractivity contribution is 7.98. The number of primary amides is 1. The number of aromatic amines is 3. The van der Waals surface area contributed by atoms with Gasteiger partial charge in [-0.2, -0.15) is 23.5 Å². The van der Waals surface area contributed by atoms with Crippen LogP contribution >= 0.6 is 23.5 Å². The number of thioether (sulfide) groups is 2. The van der Waals surface area contributed by atoms with Crippen LogP contribution in [0.25, 0.3) is 21.8 Å². The van der Waals surface area contributed by atoms with Crippen molar-refractivity contribution in [3.8, 4) is 0 Å². The Balaban J connectivity index is 1.11. The third-order valence-electron chi connectivity index (χ3n) is 16.3. The molecule has 0 unspecified atom stereocenters. The first-order valence-corrected chi connectivity index (χ1v) is 32.9. The molecule has 0 aliphatic carbocycles. The van der Waals surface area contributed by atoms with Gasteiger partial charge in [0.1, 0.15) is 59.5 Å². The number of fused-ring (bicyclic) bond motifs is 5. The van der Waals surface area contributed by atoms with E-state index in [4.69, 9.17) is 11.5 Å². The van der Waals surface area contributed by atoms with Crippen molar-refractivity contribution in [3.05, 3.63) is 125 Å². The Bertz CT molecular complexity index is 3760. The van der Waals surface area contributed by atoms with Crippen LogP contribution in [0, 0.1) is 11.6 Å². The monoisotopic (exact) mass is 1340 g/mol. The number of imidazole rings is 1. The number of nitrogens with one attached hydrogen (secondary N) is 11. The van der Waals surface area contributed by atoms with Crippen LogP contribution in [-0.2, 0) is 83.5 Å². The fourth-order valence-corrected chi connectivity index (χ4v) is 13.1. The zero-order valence-electron chi connectivity index (χ0n) is 51.7. The van der Waals surface area contributed by atoms with Gasteiger partial charge in [-0.1, -0.05) is 24.3 Å². The summed E-state index contributed by atoms with van der Waals surface area (Å²) in [6.07, 6.45) is 4.99. The number of nitrogens with two attached hydrogens (primary N) is 2. The van der Waals surface area contributed by atoms with E-state index in [1.54, 1.807) is 0 Å². The lowest BCUT2D eigenvalue weighted by molar-refractivity contribution is -0.147. The lowest BCUT2D eigenvalue weighted by atomic mass is 9.96. The predicted molar refractivity (Wildman–Crippen MR) is 345 cm³/mol. The maximum Gasteiger partial charge on any atom is 0.305 e. The summed E-state index contributed by atoms with van der Waals surface area (Å²) in [6, 6.07) is 4.70. The number of nitrogens with zero attached hydrogens (tertiary/aromatic N) is 2. The molecule has 94 heavy (non-hydrogen) atoms. The van der Waals surface area contributed by atoms with Crippen LogP contribution in [0.3, 0.4) is 0 Å². The number of carboxylic acid groups (broad SMARTS) is 1. The molecule has 6 aromatic rings. The number of amides is 10. The minimum atomic E-state index is -2.00. The molecule has 2 aliphatic rings. The van der Waals surface area contributed by atoms with Crippen molar-refractivity contribution in [3.63, 3.8) is 0 Å². The average Bonchev–Trinajstić information content (AvgIpc) is 1.36. The topological polar surface area (TPSA) is 420 Å². The van der Waals surface area contributed by atoms with Gasteiger partial charge in [-0.3, -0.25) is 52.7 Å². The maximum absolute atomic E-state index is 14.9. The number of aromatic nitrogens is 4. The third-order valence-corrected chi connectivity index (χ3v) is 18.4. The fourth-order valence-electron chi connectivity index (χ4n) is 11.2. The van der Waals surface area contributed by atoms with Crippen molar-refractivity contribution in [2.24, 2.45) is 11.5 Å². The standard InChI is InChI=1S/C63H77F2N15O12S2/c1-34-61(91)80-17-6-15-63(80,2)62(92)79-51(55(67)85)32-94-31-36-8-5-7-35(19-36)30-93-18-14-52(81)74-46(9-3-4-16-66)56(86)71-29-53(82)75-47(20-37-26-69-44-12-10-39(64)22-42(37)44)58(88)76-48(21-38-27-70-45-13-11-40(65)23-43(38)45)59(89)78-50(25-54(83)84)60(90)77-49(57(87)73-34)24-41-28-68-33-72-41/h5,7-8,10-13,19,22-23,26-28,33-34,46-51,69-70H,3-4,6,9,14-18,20-21,24-25,29-32,66H2,1-2H3,(H2,67,85)(H,68,72)(H,71,86)(H,73,87)(H,74,81)(H,75,82)(H,76,88)(H,77,90)(H,78,89)(H,79,92)(H,83,84)/t34-,46+,47+,48+,49+,50+,51+,63+/m1/s1. The van der Waals surface area contributed by atoms with Crippen LogP contribution in [0.1, 0.15) is 86.7 Å². The van der Waals surface area contributed by atoms with E-state index in [2.05, 4.69) is 62.5 Å². The molecule has 1 fully saturated rings. The van der Waals surface area contributed by atoms with Crippen molar-refractivity contribution in [1.82, 2.24) is 67.4 Å². The molecule has 8 atom stereocenters. The molecule has 31 heteroatoms. The molecule has 502 valence electrons. The molecule has 0 radical (unpaired) electrons. The molecule has 27 nitrogen and oxygen atoms in total. The molecular formula is C63H77F2N15O12S2. The Morgan fingerprint density at radius 3 is 1.88 bits per heavy atom. The van der Waals surface area contributed by atoms with Gasteiger partial charge in [0.05, 0.1) is 19.3 Å². The van der Waals surface area contributed by atoms with E-state index >= 15 is 0 Å². The first kappa shape index (κ1) is 70.5. The van der Waals surface area contributed by atoms with E-state index in [1.807, 2.05) is 24.3 Å². The molecule has 8 rings (SSSR count). The van der Waals surface area contributed by atoms with E-state index in [0.717, 1.165) is 11.1 Å². The molecule has 5 heterocycles. The Kier molecular flexibility index (Phi) is 24.7. The van der Waals surface area contributed by atoms with Gasteiger partial charge >= 0.3 is 5.97 Å². The van der Waals surface area contributed by atoms with Gasteiger partial charge in [0.25, 0.3) is 0 Å². The quantitative estimate of drug-likeness (QED) is 0.0724. The van der Waals surface area contributed by atoms with Gasteiger partial charge in [0.15, 0.2) is 0 Å². The highest BCUT2D eigenvalue weighted by Crippen LogP contribution is 2.31. The second-order valence-corrected chi connectivity index (χ2v) is 25.5. The normalized spacial score (nSPS) is 23.6. The summed E-state index contributed by atoms with van der Waals surface area (Å²) < 4.78 is 29.6. The van der Waals surface area contributed by atoms with Crippen LogP contribution < -0.4 is 54.0 Å². The number of carboxylic acids is 1. The lowest BCUT2D eigenvalue weighted by Gasteiger charge is -2.36. The number of rotatable bonds is 13. The summed E-state index contributed by atoms with van der Waals surface area (Å²) in [6.45, 7) is 2.55. The first-order chi connectivity index (χ1) is 45.0. The largest absolute Gasteiger partial charge is 0.481 e. The molecule has 0 saturated carbocycles. The molecule has 2 bridgehead atoms. The SMILES string of the molecule is C[C@H]1NC(=O)[C@H](Cc2cnc[nH]2)NC(=O)[C@H](CC(=O)O)NC(=O)[C@H](Cc2c[nH]c3ccc(F)cc23)NC(=O)[C@H](Cc2c[nH]c3ccc(F)cc23)NC(=O)CNC(=O)[C@H](CCCCN)NC(=O)CCSCc2cccc(c2)CSC[C@@H](C(N)=O)NC(=O)[C@]2(C)CCCN2C1=O. The number of hydrogen-bond donors (Lipinski definition) is 14. The second kappa shape index (κ2) is 33.0. The van der Waals surface area contributed by atoms with Crippen molar-refractivity contribution < 1.29 is 66.6 Å². The van der Waals surface area contributed by atoms with Crippen molar-refractivity contribution in [2.75, 3.05) is 31.1 Å². The molecule has 3 aromatic heterocycles. The maximum atomic E-state index is 14.9. The summed E-state index contributed by atoms with van der Waals surface area (Å²) in [5.41, 5.74) is 13.7. The van der Waals surface area contributed by atoms with E-state index in [-0.39, 0.29) is 55.4 Å². The Morgan fingerprint density at radius 2 is 1.28 bits per heavy atom. The molecule has 1 saturated heterocycles. The van der Waals surface area contributed by atoms with Gasteiger partial charge in [0, 0.05) is 101 Å². The van der Waals surface area contributed by atoms with Crippen molar-refractivity contribution in [2.45, 2.75) is 137 Å². The van der Waals surface area contributed by atoms with Gasteiger partial charge in [0.2, 0.25) is 59.1 Å². The van der Waals surface area contributed by atoms with Crippen LogP contribution in [0.5, 0.6) is 0 Å². The van der Waals surface area contributed by atoms with E-state index in [1.165, 1.54) is 104 Å². The summed E-state index contributed by atoms with van der Waals surface area (Å²) in [5.74, 6) is -10.2. The minimum absolute atomic E-state index is 0.0213. The zero-order chi connectivity index (χ0) is 67.6. The predicted octanol–water partition coefficient (Wildman–Crippen LogP) is 1.25. The van der Waals surface area contributed by atoms with E-state index in [0.29, 0.717) is 70.7 Å². The number of carbonyl (C=O) groups is 11. The van der Waals surface area contributed by atoms with Crippen LogP contribution in [0.2, 0.25) is 0 Å². The zero-order valence-corrected chi connectivity index (χ0v) is 53.3. The molecule has 2 aliphatic heterocycles. The van der Waals surface area contributed by atoms with Crippen molar-refractivity contribution >= 4 is 110 Å². The number of benzene rings is 3. The highest BCUT2D eigenvalue weighted by Gasteiger charge is 2.48. The highest BCUT2D eigenvalue weighted by atomic mass is 32.2. The Hall–Kier alpha value is -9.36. The number of unbranched alkanes of at least 4 members (excludes halogenated alkanes) is 1. The molecule has 0 spiro atoms. The number of hydrogen-bond acceptors (Lipinski definition) is 15. The third kappa shape index (κ3) is 19.1. The van der Waals surface area contributed by atoms with Gasteiger partial charge < -0.3 is 79.0 Å². The first-order valence-electron chi connectivity index (χ1n) is 30.6. The Morgan fingerprint density at radius 1 is 0.691 bits per heavy atom. The van der Waals surface area contributed by atoms with E-state index in [9.17, 15) is 66.6 Å². The smallest absolute Gasteiger partial charge is 0.305 e. The molecule has 3 aromatic carbocycles. The van der Waals surface area contributed by atoms with Crippen LogP contribution in [0.4, 0.5) is 8.78 Å². The molecular weight excluding hydrogens is 1260 g/mol. The van der Waals surface area contributed by atoms with Gasteiger partial charge in [-0.15, -0.1) is 0 Å². The second-order valence-electron chi connectivity index (χ2n) is 23.4. The molecule has 16 N–H and O–H groups in total. The minimum Gasteiger partial charge on any atom is -0.481 e. The Labute approximate surface area is 547 Å². The summed E-state index contributed by atoms with van der Waals surface area (Å²) in [5, 5.41) is 31.5. The van der Waals surface area contributed by atoms with Gasteiger partial charge in [-0.25, -0.2) is 13.8 Å². The average molecular weight is 1340 g/mol. The van der Waals surface area contributed by atoms with E-state index < -0.39 is 144 Å². The number of H-pyrrole nitrogens is 3. The molecule has 10 amide bonds. The summed E-state index contributed by atoms with van der Waals surface area (Å²) >= 11 is 2.81. The van der Waals surface area contributed by atoms with Crippen molar-refractivity contribution in [1.29, 1.82) is 0 Å². The van der Waals surface area contributed by atoms with Gasteiger partial charge in [-0.05, 0) is 111 Å². The van der Waals surface area contributed by atoms with Crippen LogP contribution in [-0.4, -0.2) is 174 Å². The lowest BCUT2D eigenvalue weighted by Crippen LogP contribution is -2.63. The fraction of sp³-hybridized carbons (Fsp3) is 0.429. The summed E-state index contributed by atoms with van der Waals surface area (Å²) in [7, 11) is 0. The number of halogens is 2. The number of carbonyl (C=O) groups excluding carboxylic acids is 10. The number of aliphatic carboxylic acids is 1. The summed E-state index contributed by atoms with van der Waals surface area (Å²) in [4.78, 5) is 168. The van der Waals surface area contributed by atoms with Crippen LogP contribution in [0.15, 0.2) is 85.6 Å².